The number of imidazole rings is 1. The zero-order valence-corrected chi connectivity index (χ0v) is 16.0. The van der Waals surface area contributed by atoms with Crippen molar-refractivity contribution in [1.82, 2.24) is 19.4 Å². The van der Waals surface area contributed by atoms with Gasteiger partial charge in [-0.2, -0.15) is 0 Å². The first-order valence-electron chi connectivity index (χ1n) is 8.62. The van der Waals surface area contributed by atoms with E-state index in [1.54, 1.807) is 17.1 Å². The number of aromatic nitrogens is 3. The zero-order chi connectivity index (χ0) is 18.8. The van der Waals surface area contributed by atoms with Crippen molar-refractivity contribution in [3.05, 3.63) is 52.0 Å². The van der Waals surface area contributed by atoms with E-state index >= 15 is 0 Å². The summed E-state index contributed by atoms with van der Waals surface area (Å²) in [5.41, 5.74) is 1.41. The number of nitrogens with zero attached hydrogens (tertiary/aromatic N) is 3. The zero-order valence-electron chi connectivity index (χ0n) is 16.0. The summed E-state index contributed by atoms with van der Waals surface area (Å²) < 4.78 is 3.56. The van der Waals surface area contributed by atoms with Crippen LogP contribution >= 0.6 is 0 Å². The molecule has 136 valence electrons. The molecule has 2 rings (SSSR count). The molecule has 1 N–H and O–H groups in total. The first kappa shape index (κ1) is 19.0. The van der Waals surface area contributed by atoms with E-state index in [4.69, 9.17) is 0 Å². The van der Waals surface area contributed by atoms with Crippen molar-refractivity contribution in [2.75, 3.05) is 0 Å². The number of pyridine rings is 1. The Morgan fingerprint density at radius 1 is 1.32 bits per heavy atom. The van der Waals surface area contributed by atoms with E-state index in [1.165, 1.54) is 0 Å². The van der Waals surface area contributed by atoms with Gasteiger partial charge in [-0.05, 0) is 37.8 Å². The Morgan fingerprint density at radius 3 is 2.52 bits per heavy atom. The van der Waals surface area contributed by atoms with Crippen LogP contribution in [0.25, 0.3) is 0 Å². The van der Waals surface area contributed by atoms with E-state index in [1.807, 2.05) is 37.6 Å². The number of carbonyl (C=O) groups is 1. The normalized spacial score (nSPS) is 12.9. The maximum atomic E-state index is 12.9. The summed E-state index contributed by atoms with van der Waals surface area (Å²) in [4.78, 5) is 29.7. The molecule has 1 unspecified atom stereocenters. The highest BCUT2D eigenvalue weighted by Gasteiger charge is 2.28. The van der Waals surface area contributed by atoms with Crippen LogP contribution in [0.1, 0.15) is 49.3 Å². The molecule has 2 aromatic heterocycles. The van der Waals surface area contributed by atoms with Crippen LogP contribution in [0.5, 0.6) is 0 Å². The number of aryl methyl sites for hydroxylation is 2. The number of amides is 1. The van der Waals surface area contributed by atoms with Gasteiger partial charge in [-0.1, -0.05) is 20.8 Å². The molecule has 2 heterocycles. The lowest BCUT2D eigenvalue weighted by atomic mass is 9.86. The van der Waals surface area contributed by atoms with E-state index in [0.717, 1.165) is 5.69 Å². The average molecular weight is 344 g/mol. The van der Waals surface area contributed by atoms with Gasteiger partial charge in [-0.3, -0.25) is 9.59 Å². The van der Waals surface area contributed by atoms with E-state index < -0.39 is 0 Å². The average Bonchev–Trinajstić information content (AvgIpc) is 2.98. The van der Waals surface area contributed by atoms with Gasteiger partial charge in [0.1, 0.15) is 5.56 Å². The molecular formula is C19H28N4O2. The van der Waals surface area contributed by atoms with Crippen molar-refractivity contribution in [3.8, 4) is 0 Å². The van der Waals surface area contributed by atoms with Gasteiger partial charge < -0.3 is 14.5 Å². The van der Waals surface area contributed by atoms with Crippen LogP contribution in [0.3, 0.4) is 0 Å². The van der Waals surface area contributed by atoms with Crippen molar-refractivity contribution in [1.29, 1.82) is 0 Å². The molecule has 0 radical (unpaired) electrons. The minimum absolute atomic E-state index is 0.135. The minimum atomic E-state index is -0.315. The molecule has 0 fully saturated rings. The summed E-state index contributed by atoms with van der Waals surface area (Å²) in [6.07, 6.45) is 5.31. The highest BCUT2D eigenvalue weighted by molar-refractivity contribution is 5.95. The Bertz CT molecular complexity index is 798. The van der Waals surface area contributed by atoms with Crippen molar-refractivity contribution in [3.63, 3.8) is 0 Å². The molecule has 0 aliphatic rings. The fourth-order valence-corrected chi connectivity index (χ4v) is 2.97. The summed E-state index contributed by atoms with van der Waals surface area (Å²) in [5, 5.41) is 3.06. The van der Waals surface area contributed by atoms with Gasteiger partial charge in [0.05, 0.1) is 12.4 Å². The van der Waals surface area contributed by atoms with E-state index in [2.05, 4.69) is 31.1 Å². The standard InChI is InChI=1S/C19H28N4O2/c1-7-23-14(3)10-13(2)16(18(23)25)17(24)21-15(19(4,5)6)11-22-9-8-20-12-22/h8-10,12,15H,7,11H2,1-6H3,(H,21,24). The predicted molar refractivity (Wildman–Crippen MR) is 98.8 cm³/mol. The van der Waals surface area contributed by atoms with Crippen LogP contribution in [0, 0.1) is 19.3 Å². The number of rotatable bonds is 5. The maximum Gasteiger partial charge on any atom is 0.263 e. The van der Waals surface area contributed by atoms with Crippen LogP contribution in [-0.2, 0) is 13.1 Å². The highest BCUT2D eigenvalue weighted by atomic mass is 16.2. The monoisotopic (exact) mass is 344 g/mol. The quantitative estimate of drug-likeness (QED) is 0.906. The molecule has 6 heteroatoms. The van der Waals surface area contributed by atoms with Crippen LogP contribution in [0.2, 0.25) is 0 Å². The second kappa shape index (κ2) is 7.25. The fraction of sp³-hybridized carbons (Fsp3) is 0.526. The second-order valence-corrected chi connectivity index (χ2v) is 7.54. The maximum absolute atomic E-state index is 12.9. The first-order chi connectivity index (χ1) is 11.6. The molecular weight excluding hydrogens is 316 g/mol. The van der Waals surface area contributed by atoms with Gasteiger partial charge in [0.2, 0.25) is 0 Å². The molecule has 0 bridgehead atoms. The van der Waals surface area contributed by atoms with Crippen molar-refractivity contribution in [2.24, 2.45) is 5.41 Å². The molecule has 0 saturated carbocycles. The Morgan fingerprint density at radius 2 is 2.00 bits per heavy atom. The molecule has 1 amide bonds. The smallest absolute Gasteiger partial charge is 0.263 e. The SMILES string of the molecule is CCn1c(C)cc(C)c(C(=O)NC(Cn2ccnc2)C(C)(C)C)c1=O. The van der Waals surface area contributed by atoms with Crippen LogP contribution in [0.4, 0.5) is 0 Å². The van der Waals surface area contributed by atoms with Crippen molar-refractivity contribution in [2.45, 2.75) is 60.7 Å². The van der Waals surface area contributed by atoms with Crippen LogP contribution in [-0.4, -0.2) is 26.1 Å². The lowest BCUT2D eigenvalue weighted by Gasteiger charge is -2.32. The van der Waals surface area contributed by atoms with E-state index in [0.29, 0.717) is 18.7 Å². The third-order valence-electron chi connectivity index (χ3n) is 4.55. The highest BCUT2D eigenvalue weighted by Crippen LogP contribution is 2.21. The number of hydrogen-bond acceptors (Lipinski definition) is 3. The van der Waals surface area contributed by atoms with E-state index in [-0.39, 0.29) is 28.5 Å². The minimum Gasteiger partial charge on any atom is -0.347 e. The number of hydrogen-bond donors (Lipinski definition) is 1. The molecule has 0 saturated heterocycles. The number of carbonyl (C=O) groups excluding carboxylic acids is 1. The molecule has 6 nitrogen and oxygen atoms in total. The van der Waals surface area contributed by atoms with Crippen molar-refractivity contribution >= 4 is 5.91 Å². The molecule has 1 atom stereocenters. The van der Waals surface area contributed by atoms with Gasteiger partial charge in [-0.25, -0.2) is 4.98 Å². The second-order valence-electron chi connectivity index (χ2n) is 7.54. The molecule has 0 aliphatic carbocycles. The summed E-state index contributed by atoms with van der Waals surface area (Å²) in [6, 6.07) is 1.76. The molecule has 0 aromatic carbocycles. The van der Waals surface area contributed by atoms with Crippen LogP contribution < -0.4 is 10.9 Å². The largest absolute Gasteiger partial charge is 0.347 e. The summed E-state index contributed by atoms with van der Waals surface area (Å²) in [6.45, 7) is 13.0. The molecule has 0 spiro atoms. The van der Waals surface area contributed by atoms with Gasteiger partial charge >= 0.3 is 0 Å². The lowest BCUT2D eigenvalue weighted by molar-refractivity contribution is 0.0889. The summed E-state index contributed by atoms with van der Waals surface area (Å²) in [5.74, 6) is -0.315. The van der Waals surface area contributed by atoms with Gasteiger partial charge in [-0.15, -0.1) is 0 Å². The lowest BCUT2D eigenvalue weighted by Crippen LogP contribution is -2.48. The van der Waals surface area contributed by atoms with Crippen molar-refractivity contribution < 1.29 is 4.79 Å². The Balaban J connectivity index is 2.34. The van der Waals surface area contributed by atoms with Gasteiger partial charge in [0.25, 0.3) is 11.5 Å². The Kier molecular flexibility index (Phi) is 5.50. The van der Waals surface area contributed by atoms with Gasteiger partial charge in [0, 0.05) is 31.2 Å². The van der Waals surface area contributed by atoms with E-state index in [9.17, 15) is 9.59 Å². The molecule has 0 aliphatic heterocycles. The third-order valence-corrected chi connectivity index (χ3v) is 4.55. The fourth-order valence-electron chi connectivity index (χ4n) is 2.97. The Labute approximate surface area is 148 Å². The van der Waals surface area contributed by atoms with Gasteiger partial charge in [0.15, 0.2) is 0 Å². The summed E-state index contributed by atoms with van der Waals surface area (Å²) >= 11 is 0. The molecule has 2 aromatic rings. The topological polar surface area (TPSA) is 68.9 Å². The number of nitrogens with one attached hydrogen (secondary N) is 1. The third kappa shape index (κ3) is 4.18. The molecule has 25 heavy (non-hydrogen) atoms. The predicted octanol–water partition coefficient (Wildman–Crippen LogP) is 2.53. The summed E-state index contributed by atoms with van der Waals surface area (Å²) in [7, 11) is 0. The Hall–Kier alpha value is -2.37. The van der Waals surface area contributed by atoms with Crippen LogP contribution in [0.15, 0.2) is 29.6 Å². The first-order valence-corrected chi connectivity index (χ1v) is 8.62.